The number of hydrogen-bond acceptors (Lipinski definition) is 6. The summed E-state index contributed by atoms with van der Waals surface area (Å²) in [5, 5.41) is 7.85. The molecule has 7 nitrogen and oxygen atoms in total. The Kier molecular flexibility index (Phi) is 4.32. The van der Waals surface area contributed by atoms with E-state index in [0.29, 0.717) is 36.1 Å². The van der Waals surface area contributed by atoms with Crippen LogP contribution in [0.5, 0.6) is 11.5 Å². The van der Waals surface area contributed by atoms with Crippen LogP contribution in [0.1, 0.15) is 16.2 Å². The van der Waals surface area contributed by atoms with Crippen LogP contribution in [0.2, 0.25) is 0 Å². The highest BCUT2D eigenvalue weighted by Gasteiger charge is 2.15. The lowest BCUT2D eigenvalue weighted by Crippen LogP contribution is -2.23. The second-order valence-corrected chi connectivity index (χ2v) is 6.61. The number of fused-ring (bicyclic) bond motifs is 2. The second kappa shape index (κ2) is 7.27. The van der Waals surface area contributed by atoms with E-state index in [1.165, 1.54) is 0 Å². The van der Waals surface area contributed by atoms with Crippen molar-refractivity contribution in [1.82, 2.24) is 15.5 Å². The smallest absolute Gasteiger partial charge is 0.270 e. The summed E-state index contributed by atoms with van der Waals surface area (Å²) >= 11 is 0. The number of carbonyl (C=O) groups is 1. The van der Waals surface area contributed by atoms with Crippen molar-refractivity contribution in [2.45, 2.75) is 6.54 Å². The quantitative estimate of drug-likeness (QED) is 0.576. The van der Waals surface area contributed by atoms with Gasteiger partial charge in [-0.15, -0.1) is 0 Å². The molecule has 2 aromatic heterocycles. The second-order valence-electron chi connectivity index (χ2n) is 6.61. The van der Waals surface area contributed by atoms with E-state index < -0.39 is 0 Å². The Labute approximate surface area is 166 Å². The van der Waals surface area contributed by atoms with Crippen LogP contribution in [0.15, 0.2) is 65.2 Å². The number of hydrogen-bond donors (Lipinski definition) is 1. The van der Waals surface area contributed by atoms with Gasteiger partial charge in [0.15, 0.2) is 17.3 Å². The molecule has 0 spiro atoms. The van der Waals surface area contributed by atoms with Gasteiger partial charge in [-0.2, -0.15) is 0 Å². The van der Waals surface area contributed by atoms with Gasteiger partial charge in [0.1, 0.15) is 24.6 Å². The predicted octanol–water partition coefficient (Wildman–Crippen LogP) is 3.59. The van der Waals surface area contributed by atoms with Crippen LogP contribution >= 0.6 is 0 Å². The molecule has 1 aliphatic heterocycles. The van der Waals surface area contributed by atoms with Gasteiger partial charge in [0.25, 0.3) is 5.91 Å². The molecule has 5 rings (SSSR count). The summed E-state index contributed by atoms with van der Waals surface area (Å²) in [6.07, 6.45) is 0. The summed E-state index contributed by atoms with van der Waals surface area (Å²) in [6, 6.07) is 18.6. The van der Waals surface area contributed by atoms with Gasteiger partial charge in [0.2, 0.25) is 0 Å². The van der Waals surface area contributed by atoms with E-state index in [9.17, 15) is 4.79 Å². The highest BCUT2D eigenvalue weighted by atomic mass is 16.6. The summed E-state index contributed by atoms with van der Waals surface area (Å²) in [6.45, 7) is 1.30. The highest BCUT2D eigenvalue weighted by Crippen LogP contribution is 2.34. The molecular formula is C22H17N3O4. The molecule has 7 heteroatoms. The number of amides is 1. The van der Waals surface area contributed by atoms with E-state index in [2.05, 4.69) is 15.5 Å². The SMILES string of the molecule is O=C(NCc1cc(-c2ccc3c(c2)OCCO3)on1)c1ccc2ccccc2n1. The maximum absolute atomic E-state index is 12.4. The van der Waals surface area contributed by atoms with Crippen molar-refractivity contribution >= 4 is 16.8 Å². The molecule has 1 N–H and O–H groups in total. The van der Waals surface area contributed by atoms with Gasteiger partial charge < -0.3 is 19.3 Å². The van der Waals surface area contributed by atoms with E-state index in [-0.39, 0.29) is 12.5 Å². The molecule has 3 heterocycles. The number of pyridine rings is 1. The average Bonchev–Trinajstić information content (AvgIpc) is 3.26. The van der Waals surface area contributed by atoms with E-state index in [1.807, 2.05) is 48.5 Å². The van der Waals surface area contributed by atoms with Gasteiger partial charge in [-0.05, 0) is 30.3 Å². The Morgan fingerprint density at radius 3 is 2.76 bits per heavy atom. The first-order valence-electron chi connectivity index (χ1n) is 9.26. The van der Waals surface area contributed by atoms with Crippen molar-refractivity contribution in [1.29, 1.82) is 0 Å². The van der Waals surface area contributed by atoms with Crippen LogP contribution in [0, 0.1) is 0 Å². The number of aromatic nitrogens is 2. The molecule has 0 saturated carbocycles. The van der Waals surface area contributed by atoms with Gasteiger partial charge in [0, 0.05) is 17.0 Å². The molecule has 144 valence electrons. The Balaban J connectivity index is 1.28. The van der Waals surface area contributed by atoms with Crippen LogP contribution in [-0.4, -0.2) is 29.3 Å². The van der Waals surface area contributed by atoms with Crippen molar-refractivity contribution in [2.24, 2.45) is 0 Å². The fourth-order valence-corrected chi connectivity index (χ4v) is 3.18. The lowest BCUT2D eigenvalue weighted by molar-refractivity contribution is 0.0945. The Hall–Kier alpha value is -3.87. The zero-order valence-electron chi connectivity index (χ0n) is 15.4. The van der Waals surface area contributed by atoms with E-state index in [0.717, 1.165) is 22.2 Å². The van der Waals surface area contributed by atoms with Gasteiger partial charge in [0.05, 0.1) is 12.1 Å². The van der Waals surface area contributed by atoms with Crippen LogP contribution in [-0.2, 0) is 6.54 Å². The standard InChI is InChI=1S/C22H17N3O4/c26-22(18-7-5-14-3-1-2-4-17(14)24-18)23-13-16-12-20(29-25-16)15-6-8-19-21(11-15)28-10-9-27-19/h1-8,11-12H,9-10,13H2,(H,23,26). The minimum Gasteiger partial charge on any atom is -0.486 e. The van der Waals surface area contributed by atoms with Gasteiger partial charge in [-0.1, -0.05) is 29.4 Å². The zero-order valence-corrected chi connectivity index (χ0v) is 15.4. The number of ether oxygens (including phenoxy) is 2. The first-order valence-corrected chi connectivity index (χ1v) is 9.26. The van der Waals surface area contributed by atoms with Gasteiger partial charge in [-0.25, -0.2) is 4.98 Å². The van der Waals surface area contributed by atoms with Crippen LogP contribution < -0.4 is 14.8 Å². The largest absolute Gasteiger partial charge is 0.486 e. The van der Waals surface area contributed by atoms with Crippen LogP contribution in [0.4, 0.5) is 0 Å². The minimum atomic E-state index is -0.264. The normalized spacial score (nSPS) is 12.7. The van der Waals surface area contributed by atoms with Gasteiger partial charge in [-0.3, -0.25) is 4.79 Å². The molecule has 4 aromatic rings. The number of nitrogens with one attached hydrogen (secondary N) is 1. The third-order valence-electron chi connectivity index (χ3n) is 4.65. The lowest BCUT2D eigenvalue weighted by atomic mass is 10.1. The Morgan fingerprint density at radius 1 is 0.966 bits per heavy atom. The van der Waals surface area contributed by atoms with Crippen LogP contribution in [0.25, 0.3) is 22.2 Å². The molecule has 0 unspecified atom stereocenters. The molecule has 1 amide bonds. The summed E-state index contributed by atoms with van der Waals surface area (Å²) in [7, 11) is 0. The zero-order chi connectivity index (χ0) is 19.6. The number of nitrogens with zero attached hydrogens (tertiary/aromatic N) is 2. The first kappa shape index (κ1) is 17.2. The Morgan fingerprint density at radius 2 is 1.83 bits per heavy atom. The van der Waals surface area contributed by atoms with Crippen molar-refractivity contribution in [2.75, 3.05) is 13.2 Å². The third kappa shape index (κ3) is 3.50. The molecule has 0 radical (unpaired) electrons. The number of rotatable bonds is 4. The lowest BCUT2D eigenvalue weighted by Gasteiger charge is -2.18. The fraction of sp³-hybridized carbons (Fsp3) is 0.136. The maximum Gasteiger partial charge on any atom is 0.270 e. The summed E-state index contributed by atoms with van der Waals surface area (Å²) in [4.78, 5) is 16.8. The number of benzene rings is 2. The molecular weight excluding hydrogens is 370 g/mol. The van der Waals surface area contributed by atoms with Crippen molar-refractivity contribution in [3.05, 3.63) is 72.1 Å². The maximum atomic E-state index is 12.4. The van der Waals surface area contributed by atoms with Crippen molar-refractivity contribution < 1.29 is 18.8 Å². The van der Waals surface area contributed by atoms with E-state index in [4.69, 9.17) is 14.0 Å². The molecule has 2 aromatic carbocycles. The summed E-state index contributed by atoms with van der Waals surface area (Å²) < 4.78 is 16.6. The van der Waals surface area contributed by atoms with E-state index >= 15 is 0 Å². The molecule has 0 bridgehead atoms. The molecule has 1 aliphatic rings. The summed E-state index contributed by atoms with van der Waals surface area (Å²) in [5.74, 6) is 1.73. The Bertz CT molecular complexity index is 1200. The molecule has 29 heavy (non-hydrogen) atoms. The molecule has 0 saturated heterocycles. The van der Waals surface area contributed by atoms with Crippen molar-refractivity contribution in [3.63, 3.8) is 0 Å². The molecule has 0 atom stereocenters. The number of para-hydroxylation sites is 1. The third-order valence-corrected chi connectivity index (χ3v) is 4.65. The number of carbonyl (C=O) groups excluding carboxylic acids is 1. The van der Waals surface area contributed by atoms with E-state index in [1.54, 1.807) is 12.1 Å². The summed E-state index contributed by atoms with van der Waals surface area (Å²) in [5.41, 5.74) is 2.58. The fourth-order valence-electron chi connectivity index (χ4n) is 3.18. The average molecular weight is 387 g/mol. The minimum absolute atomic E-state index is 0.237. The topological polar surface area (TPSA) is 86.5 Å². The molecule has 0 aliphatic carbocycles. The van der Waals surface area contributed by atoms with Crippen LogP contribution in [0.3, 0.4) is 0 Å². The monoisotopic (exact) mass is 387 g/mol. The van der Waals surface area contributed by atoms with Gasteiger partial charge >= 0.3 is 0 Å². The molecule has 0 fully saturated rings. The first-order chi connectivity index (χ1) is 14.3. The highest BCUT2D eigenvalue weighted by molar-refractivity contribution is 5.94. The predicted molar refractivity (Wildman–Crippen MR) is 106 cm³/mol. The van der Waals surface area contributed by atoms with Crippen molar-refractivity contribution in [3.8, 4) is 22.8 Å².